The van der Waals surface area contributed by atoms with Crippen LogP contribution in [0.2, 0.25) is 0 Å². The lowest BCUT2D eigenvalue weighted by Crippen LogP contribution is -2.45. The number of carbonyl (C=O) groups is 2. The van der Waals surface area contributed by atoms with Gasteiger partial charge in [0.1, 0.15) is 16.4 Å². The molecule has 0 spiro atoms. The van der Waals surface area contributed by atoms with Crippen LogP contribution in [-0.2, 0) is 16.1 Å². The zero-order chi connectivity index (χ0) is 25.7. The maximum atomic E-state index is 13.2. The van der Waals surface area contributed by atoms with Gasteiger partial charge >= 0.3 is 12.1 Å². The molecule has 3 aromatic rings. The van der Waals surface area contributed by atoms with Crippen molar-refractivity contribution in [3.63, 3.8) is 0 Å². The Kier molecular flexibility index (Phi) is 7.81. The number of rotatable bonds is 7. The van der Waals surface area contributed by atoms with Gasteiger partial charge in [-0.1, -0.05) is 30.3 Å². The molecule has 1 aliphatic heterocycles. The Balaban J connectivity index is 1.48. The molecule has 36 heavy (non-hydrogen) atoms. The van der Waals surface area contributed by atoms with Crippen molar-refractivity contribution in [2.24, 2.45) is 0 Å². The van der Waals surface area contributed by atoms with Crippen LogP contribution in [0.15, 0.2) is 60.1 Å². The van der Waals surface area contributed by atoms with Crippen molar-refractivity contribution in [1.82, 2.24) is 14.9 Å². The number of carboxylic acids is 1. The van der Waals surface area contributed by atoms with Crippen LogP contribution in [0.5, 0.6) is 0 Å². The molecule has 0 radical (unpaired) electrons. The van der Waals surface area contributed by atoms with E-state index in [1.54, 1.807) is 34.6 Å². The van der Waals surface area contributed by atoms with Crippen LogP contribution in [-0.4, -0.2) is 56.8 Å². The van der Waals surface area contributed by atoms with Gasteiger partial charge in [-0.05, 0) is 51.0 Å². The number of carboxylic acid groups (broad SMARTS) is 1. The number of aliphatic carboxylic acids is 1. The summed E-state index contributed by atoms with van der Waals surface area (Å²) in [4.78, 5) is 37.2. The molecule has 8 nitrogen and oxygen atoms in total. The molecule has 0 unspecified atom stereocenters. The van der Waals surface area contributed by atoms with Gasteiger partial charge in [0.2, 0.25) is 0 Å². The molecular formula is C27H30N4O4S. The summed E-state index contributed by atoms with van der Waals surface area (Å²) < 4.78 is 5.71. The van der Waals surface area contributed by atoms with Crippen molar-refractivity contribution >= 4 is 35.3 Å². The van der Waals surface area contributed by atoms with Gasteiger partial charge in [-0.2, -0.15) is 0 Å². The Morgan fingerprint density at radius 2 is 2.00 bits per heavy atom. The lowest BCUT2D eigenvalue weighted by Gasteiger charge is -2.31. The molecule has 4 rings (SSSR count). The van der Waals surface area contributed by atoms with Gasteiger partial charge in [-0.3, -0.25) is 9.80 Å². The monoisotopic (exact) mass is 506 g/mol. The van der Waals surface area contributed by atoms with Crippen LogP contribution in [0.25, 0.3) is 16.6 Å². The summed E-state index contributed by atoms with van der Waals surface area (Å²) in [6.07, 6.45) is 4.40. The Labute approximate surface area is 214 Å². The summed E-state index contributed by atoms with van der Waals surface area (Å²) in [5.74, 6) is -0.555. The fraction of sp³-hybridized carbons (Fsp3) is 0.333. The van der Waals surface area contributed by atoms with Crippen molar-refractivity contribution in [1.29, 1.82) is 0 Å². The maximum Gasteiger partial charge on any atom is 0.416 e. The highest BCUT2D eigenvalue weighted by molar-refractivity contribution is 7.13. The first kappa shape index (κ1) is 25.5. The molecular weight excluding hydrogens is 476 g/mol. The molecule has 3 heterocycles. The molecule has 1 aliphatic rings. The number of hydrogen-bond donors (Lipinski definition) is 1. The minimum absolute atomic E-state index is 0.111. The van der Waals surface area contributed by atoms with Gasteiger partial charge < -0.3 is 9.84 Å². The number of thiazole rings is 1. The summed E-state index contributed by atoms with van der Waals surface area (Å²) in [7, 11) is 0. The van der Waals surface area contributed by atoms with Crippen LogP contribution in [0, 0.1) is 0 Å². The van der Waals surface area contributed by atoms with E-state index in [-0.39, 0.29) is 6.04 Å². The molecule has 2 aromatic heterocycles. The first-order valence-corrected chi connectivity index (χ1v) is 12.7. The van der Waals surface area contributed by atoms with Crippen molar-refractivity contribution in [2.45, 2.75) is 45.4 Å². The van der Waals surface area contributed by atoms with Gasteiger partial charge in [0.05, 0.1) is 11.7 Å². The van der Waals surface area contributed by atoms with E-state index in [4.69, 9.17) is 14.8 Å². The van der Waals surface area contributed by atoms with E-state index in [1.807, 2.05) is 39.0 Å². The fourth-order valence-corrected chi connectivity index (χ4v) is 4.85. The number of nitrogens with zero attached hydrogens (tertiary/aromatic N) is 4. The number of amides is 1. The molecule has 1 aromatic carbocycles. The minimum atomic E-state index is -1.03. The molecule has 188 valence electrons. The smallest absolute Gasteiger partial charge is 0.416 e. The maximum absolute atomic E-state index is 13.2. The normalized spacial score (nSPS) is 16.4. The van der Waals surface area contributed by atoms with Gasteiger partial charge in [-0.25, -0.2) is 19.6 Å². The predicted molar refractivity (Wildman–Crippen MR) is 141 cm³/mol. The van der Waals surface area contributed by atoms with Gasteiger partial charge in [0.15, 0.2) is 0 Å². The molecule has 9 heteroatoms. The van der Waals surface area contributed by atoms with E-state index in [1.165, 1.54) is 6.08 Å². The summed E-state index contributed by atoms with van der Waals surface area (Å²) in [5, 5.41) is 11.9. The highest BCUT2D eigenvalue weighted by atomic mass is 32.1. The van der Waals surface area contributed by atoms with Crippen molar-refractivity contribution in [3.05, 3.63) is 71.4 Å². The summed E-state index contributed by atoms with van der Waals surface area (Å²) >= 11 is 1.63. The van der Waals surface area contributed by atoms with Crippen LogP contribution in [0.1, 0.15) is 38.4 Å². The molecule has 1 saturated heterocycles. The van der Waals surface area contributed by atoms with E-state index in [0.717, 1.165) is 35.3 Å². The number of hydrogen-bond acceptors (Lipinski definition) is 7. The molecule has 1 N–H and O–H groups in total. The Hall–Kier alpha value is -3.56. The number of anilines is 1. The Morgan fingerprint density at radius 1 is 1.22 bits per heavy atom. The van der Waals surface area contributed by atoms with Crippen LogP contribution < -0.4 is 4.90 Å². The molecule has 0 aliphatic carbocycles. The molecule has 0 saturated carbocycles. The minimum Gasteiger partial charge on any atom is -0.478 e. The average molecular weight is 507 g/mol. The van der Waals surface area contributed by atoms with E-state index in [2.05, 4.69) is 27.4 Å². The SMILES string of the molecule is CC(C)(C)OC(=O)N(c1ccc(C=CC(=O)O)cn1)[C@@H]1CCN(Cc2csc(-c3ccccc3)n2)C1. The quantitative estimate of drug-likeness (QED) is 0.433. The number of pyridine rings is 1. The zero-order valence-corrected chi connectivity index (χ0v) is 21.4. The Bertz CT molecular complexity index is 1220. The molecule has 1 amide bonds. The van der Waals surface area contributed by atoms with Crippen molar-refractivity contribution < 1.29 is 19.4 Å². The fourth-order valence-electron chi connectivity index (χ4n) is 4.04. The van der Waals surface area contributed by atoms with E-state index < -0.39 is 17.7 Å². The Morgan fingerprint density at radius 3 is 2.67 bits per heavy atom. The number of aromatic nitrogens is 2. The molecule has 0 bridgehead atoms. The topological polar surface area (TPSA) is 95.9 Å². The lowest BCUT2D eigenvalue weighted by molar-refractivity contribution is -0.131. The van der Waals surface area contributed by atoms with Crippen molar-refractivity contribution in [3.8, 4) is 10.6 Å². The standard InChI is InChI=1S/C27H30N4O4S/c1-27(2,3)35-26(34)31(23-11-9-19(15-28-23)10-12-24(32)33)22-13-14-30(17-22)16-21-18-36-25(29-21)20-7-5-4-6-8-20/h4-12,15,18,22H,13-14,16-17H2,1-3H3,(H,32,33)/t22-/m1/s1. The van der Waals surface area contributed by atoms with E-state index >= 15 is 0 Å². The summed E-state index contributed by atoms with van der Waals surface area (Å²) in [5.41, 5.74) is 2.11. The second-order valence-corrected chi connectivity index (χ2v) is 10.5. The number of ether oxygens (including phenoxy) is 1. The first-order valence-electron chi connectivity index (χ1n) is 11.8. The largest absolute Gasteiger partial charge is 0.478 e. The summed E-state index contributed by atoms with van der Waals surface area (Å²) in [6.45, 7) is 7.70. The van der Waals surface area contributed by atoms with E-state index in [9.17, 15) is 9.59 Å². The number of benzene rings is 1. The second-order valence-electron chi connectivity index (χ2n) is 9.66. The first-order chi connectivity index (χ1) is 17.2. The highest BCUT2D eigenvalue weighted by Gasteiger charge is 2.35. The highest BCUT2D eigenvalue weighted by Crippen LogP contribution is 2.28. The van der Waals surface area contributed by atoms with E-state index in [0.29, 0.717) is 24.5 Å². The van der Waals surface area contributed by atoms with Gasteiger partial charge in [-0.15, -0.1) is 11.3 Å². The van der Waals surface area contributed by atoms with Crippen molar-refractivity contribution in [2.75, 3.05) is 18.0 Å². The third kappa shape index (κ3) is 6.77. The second kappa shape index (κ2) is 11.0. The molecule has 1 atom stereocenters. The summed E-state index contributed by atoms with van der Waals surface area (Å²) in [6, 6.07) is 13.5. The third-order valence-electron chi connectivity index (χ3n) is 5.60. The zero-order valence-electron chi connectivity index (χ0n) is 20.6. The lowest BCUT2D eigenvalue weighted by atomic mass is 10.2. The van der Waals surface area contributed by atoms with Crippen LogP contribution in [0.3, 0.4) is 0 Å². The number of likely N-dealkylation sites (tertiary alicyclic amines) is 1. The number of carbonyl (C=O) groups excluding carboxylic acids is 1. The van der Waals surface area contributed by atoms with Gasteiger partial charge in [0.25, 0.3) is 0 Å². The third-order valence-corrected chi connectivity index (χ3v) is 6.54. The van der Waals surface area contributed by atoms with Gasteiger partial charge in [0, 0.05) is 42.9 Å². The predicted octanol–water partition coefficient (Wildman–Crippen LogP) is 5.32. The molecule has 1 fully saturated rings. The average Bonchev–Trinajstić information content (AvgIpc) is 3.48. The van der Waals surface area contributed by atoms with Crippen LogP contribution in [0.4, 0.5) is 10.6 Å². The van der Waals surface area contributed by atoms with Crippen LogP contribution >= 0.6 is 11.3 Å².